The number of pyridine rings is 1. The average Bonchev–Trinajstić information content (AvgIpc) is 3.03. The first kappa shape index (κ1) is 18.9. The van der Waals surface area contributed by atoms with Gasteiger partial charge in [0.1, 0.15) is 0 Å². The van der Waals surface area contributed by atoms with Crippen LogP contribution in [-0.4, -0.2) is 43.2 Å². The van der Waals surface area contributed by atoms with Crippen LogP contribution in [0, 0.1) is 0 Å². The Morgan fingerprint density at radius 2 is 2.31 bits per heavy atom. The third-order valence-corrected chi connectivity index (χ3v) is 5.39. The van der Waals surface area contributed by atoms with Crippen molar-refractivity contribution in [3.63, 3.8) is 0 Å². The SMILES string of the molecule is COCCCC(=O)Nc1nc2c(s1)CN(c1cnc(Cl)c(OC)c1)CC2. The highest BCUT2D eigenvalue weighted by Crippen LogP contribution is 2.33. The summed E-state index contributed by atoms with van der Waals surface area (Å²) in [5.41, 5.74) is 2.00. The van der Waals surface area contributed by atoms with Crippen LogP contribution in [0.3, 0.4) is 0 Å². The van der Waals surface area contributed by atoms with Crippen LogP contribution in [-0.2, 0) is 22.5 Å². The van der Waals surface area contributed by atoms with Crippen LogP contribution in [0.15, 0.2) is 12.3 Å². The molecule has 0 saturated carbocycles. The molecule has 2 aromatic heterocycles. The standard InChI is InChI=1S/C17H21ClN4O3S/c1-24-7-3-4-15(23)21-17-20-12-5-6-22(10-14(12)26-17)11-8-13(25-2)16(18)19-9-11/h8-9H,3-7,10H2,1-2H3,(H,20,21,23). The first-order valence-corrected chi connectivity index (χ1v) is 9.52. The summed E-state index contributed by atoms with van der Waals surface area (Å²) in [5, 5.41) is 3.89. The Labute approximate surface area is 161 Å². The van der Waals surface area contributed by atoms with Crippen molar-refractivity contribution in [1.82, 2.24) is 9.97 Å². The molecule has 2 aromatic rings. The molecule has 3 rings (SSSR count). The lowest BCUT2D eigenvalue weighted by Crippen LogP contribution is -2.29. The summed E-state index contributed by atoms with van der Waals surface area (Å²) >= 11 is 7.52. The first-order valence-electron chi connectivity index (χ1n) is 8.32. The van der Waals surface area contributed by atoms with Gasteiger partial charge in [0.2, 0.25) is 5.91 Å². The van der Waals surface area contributed by atoms with Crippen molar-refractivity contribution in [1.29, 1.82) is 0 Å². The molecular weight excluding hydrogens is 376 g/mol. The number of rotatable bonds is 7. The normalized spacial score (nSPS) is 13.4. The molecule has 7 nitrogen and oxygen atoms in total. The van der Waals surface area contributed by atoms with Crippen LogP contribution in [0.4, 0.5) is 10.8 Å². The van der Waals surface area contributed by atoms with Gasteiger partial charge in [-0.25, -0.2) is 9.97 Å². The van der Waals surface area contributed by atoms with Gasteiger partial charge in [0.05, 0.1) is 31.2 Å². The van der Waals surface area contributed by atoms with Gasteiger partial charge in [0, 0.05) is 44.0 Å². The number of hydrogen-bond acceptors (Lipinski definition) is 7. The van der Waals surface area contributed by atoms with Crippen molar-refractivity contribution in [2.24, 2.45) is 0 Å². The van der Waals surface area contributed by atoms with Gasteiger partial charge < -0.3 is 19.7 Å². The molecule has 9 heteroatoms. The molecule has 1 aliphatic heterocycles. The molecule has 1 N–H and O–H groups in total. The first-order chi connectivity index (χ1) is 12.6. The monoisotopic (exact) mass is 396 g/mol. The van der Waals surface area contributed by atoms with Crippen LogP contribution in [0.1, 0.15) is 23.4 Å². The fraction of sp³-hybridized carbons (Fsp3) is 0.471. The maximum atomic E-state index is 11.9. The summed E-state index contributed by atoms with van der Waals surface area (Å²) in [7, 11) is 3.20. The molecule has 26 heavy (non-hydrogen) atoms. The lowest BCUT2D eigenvalue weighted by atomic mass is 10.1. The number of carbonyl (C=O) groups is 1. The molecule has 0 fully saturated rings. The van der Waals surface area contributed by atoms with E-state index >= 15 is 0 Å². The third-order valence-electron chi connectivity index (χ3n) is 4.11. The minimum atomic E-state index is -0.0309. The number of ether oxygens (including phenoxy) is 2. The predicted molar refractivity (Wildman–Crippen MR) is 102 cm³/mol. The minimum absolute atomic E-state index is 0.0309. The van der Waals surface area contributed by atoms with Crippen LogP contribution in [0.25, 0.3) is 0 Å². The van der Waals surface area contributed by atoms with Crippen molar-refractivity contribution < 1.29 is 14.3 Å². The summed E-state index contributed by atoms with van der Waals surface area (Å²) in [6, 6.07) is 1.89. The van der Waals surface area contributed by atoms with Crippen molar-refractivity contribution >= 4 is 39.7 Å². The van der Waals surface area contributed by atoms with E-state index in [9.17, 15) is 4.79 Å². The van der Waals surface area contributed by atoms with E-state index in [1.165, 1.54) is 11.3 Å². The third kappa shape index (κ3) is 4.44. The Balaban J connectivity index is 1.65. The summed E-state index contributed by atoms with van der Waals surface area (Å²) in [5.74, 6) is 0.528. The Kier molecular flexibility index (Phi) is 6.29. The topological polar surface area (TPSA) is 76.6 Å². The largest absolute Gasteiger partial charge is 0.493 e. The number of methoxy groups -OCH3 is 2. The number of carbonyl (C=O) groups excluding carboxylic acids is 1. The molecule has 0 spiro atoms. The molecular formula is C17H21ClN4O3S. The Morgan fingerprint density at radius 1 is 1.46 bits per heavy atom. The van der Waals surface area contributed by atoms with Crippen molar-refractivity contribution in [3.8, 4) is 5.75 Å². The summed E-state index contributed by atoms with van der Waals surface area (Å²) in [6.07, 6.45) is 3.69. The van der Waals surface area contributed by atoms with Crippen LogP contribution >= 0.6 is 22.9 Å². The molecule has 1 aliphatic rings. The molecule has 0 atom stereocenters. The van der Waals surface area contributed by atoms with Gasteiger partial charge in [0.25, 0.3) is 0 Å². The zero-order chi connectivity index (χ0) is 18.5. The predicted octanol–water partition coefficient (Wildman–Crippen LogP) is 3.13. The second-order valence-electron chi connectivity index (χ2n) is 5.89. The molecule has 0 bridgehead atoms. The number of nitrogens with one attached hydrogen (secondary N) is 1. The molecule has 1 amide bonds. The fourth-order valence-electron chi connectivity index (χ4n) is 2.76. The summed E-state index contributed by atoms with van der Waals surface area (Å²) in [6.45, 7) is 2.12. The Bertz CT molecular complexity index is 783. The molecule has 0 unspecified atom stereocenters. The Hall–Kier alpha value is -1.90. The molecule has 3 heterocycles. The summed E-state index contributed by atoms with van der Waals surface area (Å²) < 4.78 is 10.2. The highest BCUT2D eigenvalue weighted by atomic mass is 35.5. The minimum Gasteiger partial charge on any atom is -0.493 e. The van der Waals surface area contributed by atoms with Crippen LogP contribution in [0.5, 0.6) is 5.75 Å². The van der Waals surface area contributed by atoms with Crippen molar-refractivity contribution in [2.45, 2.75) is 25.8 Å². The highest BCUT2D eigenvalue weighted by Gasteiger charge is 2.22. The fourth-order valence-corrected chi connectivity index (χ4v) is 3.98. The number of halogens is 1. The maximum Gasteiger partial charge on any atom is 0.226 e. The lowest BCUT2D eigenvalue weighted by Gasteiger charge is -2.28. The number of thiazole rings is 1. The number of aromatic nitrogens is 2. The molecule has 0 saturated heterocycles. The number of amides is 1. The van der Waals surface area contributed by atoms with Gasteiger partial charge in [-0.05, 0) is 6.42 Å². The second-order valence-corrected chi connectivity index (χ2v) is 7.33. The van der Waals surface area contributed by atoms with Gasteiger partial charge in [0.15, 0.2) is 16.0 Å². The average molecular weight is 397 g/mol. The van der Waals surface area contributed by atoms with E-state index in [4.69, 9.17) is 21.1 Å². The smallest absolute Gasteiger partial charge is 0.226 e. The van der Waals surface area contributed by atoms with E-state index in [1.807, 2.05) is 6.07 Å². The second kappa shape index (κ2) is 8.66. The van der Waals surface area contributed by atoms with Gasteiger partial charge >= 0.3 is 0 Å². The number of nitrogens with zero attached hydrogens (tertiary/aromatic N) is 3. The van der Waals surface area contributed by atoms with Gasteiger partial charge in [-0.1, -0.05) is 22.9 Å². The van der Waals surface area contributed by atoms with Crippen molar-refractivity contribution in [3.05, 3.63) is 28.0 Å². The van der Waals surface area contributed by atoms with E-state index in [-0.39, 0.29) is 5.91 Å². The van der Waals surface area contributed by atoms with E-state index in [0.717, 1.165) is 35.8 Å². The number of anilines is 2. The van der Waals surface area contributed by atoms with E-state index in [0.29, 0.717) is 35.5 Å². The molecule has 0 aliphatic carbocycles. The quantitative estimate of drug-likeness (QED) is 0.572. The van der Waals surface area contributed by atoms with Gasteiger partial charge in [-0.3, -0.25) is 4.79 Å². The van der Waals surface area contributed by atoms with E-state index in [2.05, 4.69) is 20.2 Å². The van der Waals surface area contributed by atoms with Crippen LogP contribution in [0.2, 0.25) is 5.15 Å². The number of fused-ring (bicyclic) bond motifs is 1. The zero-order valence-corrected chi connectivity index (χ0v) is 16.3. The zero-order valence-electron chi connectivity index (χ0n) is 14.7. The van der Waals surface area contributed by atoms with Gasteiger partial charge in [-0.15, -0.1) is 0 Å². The van der Waals surface area contributed by atoms with Gasteiger partial charge in [-0.2, -0.15) is 0 Å². The van der Waals surface area contributed by atoms with Crippen LogP contribution < -0.4 is 15.0 Å². The molecule has 0 radical (unpaired) electrons. The molecule has 0 aromatic carbocycles. The highest BCUT2D eigenvalue weighted by molar-refractivity contribution is 7.15. The van der Waals surface area contributed by atoms with E-state index < -0.39 is 0 Å². The maximum absolute atomic E-state index is 11.9. The molecule has 140 valence electrons. The van der Waals surface area contributed by atoms with E-state index in [1.54, 1.807) is 20.4 Å². The summed E-state index contributed by atoms with van der Waals surface area (Å²) in [4.78, 5) is 24.0. The number of hydrogen-bond donors (Lipinski definition) is 1. The Morgan fingerprint density at radius 3 is 3.08 bits per heavy atom. The van der Waals surface area contributed by atoms with Crippen molar-refractivity contribution in [2.75, 3.05) is 37.6 Å². The lowest BCUT2D eigenvalue weighted by molar-refractivity contribution is -0.116.